The molecule has 1 atom stereocenters. The second-order valence-electron chi connectivity index (χ2n) is 9.18. The van der Waals surface area contributed by atoms with Gasteiger partial charge in [0.15, 0.2) is 0 Å². The lowest BCUT2D eigenvalue weighted by Crippen LogP contribution is -2.45. The van der Waals surface area contributed by atoms with Crippen molar-refractivity contribution in [2.45, 2.75) is 52.2 Å². The Morgan fingerprint density at radius 3 is 2.55 bits per heavy atom. The molecule has 0 N–H and O–H groups in total. The highest BCUT2D eigenvalue weighted by Gasteiger charge is 2.50. The lowest BCUT2D eigenvalue weighted by Gasteiger charge is -2.38. The van der Waals surface area contributed by atoms with Crippen LogP contribution in [0.4, 0.5) is 0 Å². The summed E-state index contributed by atoms with van der Waals surface area (Å²) in [6.07, 6.45) is 4.59. The van der Waals surface area contributed by atoms with Gasteiger partial charge in [-0.2, -0.15) is 0 Å². The van der Waals surface area contributed by atoms with Gasteiger partial charge in [0.2, 0.25) is 5.91 Å². The van der Waals surface area contributed by atoms with Gasteiger partial charge >= 0.3 is 11.9 Å². The first-order chi connectivity index (χ1) is 14.9. The third kappa shape index (κ3) is 3.35. The molecule has 0 saturated carbocycles. The third-order valence-corrected chi connectivity index (χ3v) is 7.59. The van der Waals surface area contributed by atoms with E-state index in [1.807, 2.05) is 19.1 Å². The van der Waals surface area contributed by atoms with Crippen molar-refractivity contribution in [2.24, 2.45) is 5.41 Å². The first-order valence-corrected chi connectivity index (χ1v) is 11.1. The van der Waals surface area contributed by atoms with E-state index in [4.69, 9.17) is 9.47 Å². The number of nitrogens with zero attached hydrogens (tertiary/aromatic N) is 2. The van der Waals surface area contributed by atoms with Gasteiger partial charge in [-0.1, -0.05) is 6.07 Å². The van der Waals surface area contributed by atoms with Crippen molar-refractivity contribution in [3.8, 4) is 0 Å². The summed E-state index contributed by atoms with van der Waals surface area (Å²) in [5.41, 5.74) is 4.55. The monoisotopic (exact) mass is 424 g/mol. The van der Waals surface area contributed by atoms with Crippen LogP contribution in [0.1, 0.15) is 53.2 Å². The summed E-state index contributed by atoms with van der Waals surface area (Å²) in [4.78, 5) is 40.8. The molecule has 0 bridgehead atoms. The Balaban J connectivity index is 1.19. The lowest BCUT2D eigenvalue weighted by atomic mass is 9.77. The third-order valence-electron chi connectivity index (χ3n) is 7.59. The van der Waals surface area contributed by atoms with Crippen molar-refractivity contribution in [2.75, 3.05) is 26.2 Å². The minimum atomic E-state index is -0.358. The van der Waals surface area contributed by atoms with Gasteiger partial charge in [-0.3, -0.25) is 4.79 Å². The van der Waals surface area contributed by atoms with Crippen molar-refractivity contribution in [3.05, 3.63) is 46.2 Å². The van der Waals surface area contributed by atoms with Crippen molar-refractivity contribution in [3.63, 3.8) is 0 Å². The summed E-state index contributed by atoms with van der Waals surface area (Å²) in [7, 11) is 0. The summed E-state index contributed by atoms with van der Waals surface area (Å²) in [5, 5.41) is 0. The Morgan fingerprint density at radius 1 is 1.10 bits per heavy atom. The molecular formula is C24H28N2O5. The van der Waals surface area contributed by atoms with Gasteiger partial charge in [0.1, 0.15) is 12.7 Å². The number of fused-ring (bicyclic) bond motifs is 1. The lowest BCUT2D eigenvalue weighted by molar-refractivity contribution is -0.141. The molecule has 4 aliphatic heterocycles. The number of amides is 1. The number of likely N-dealkylation sites (tertiary alicyclic amines) is 2. The molecule has 0 radical (unpaired) electrons. The first kappa shape index (κ1) is 20.2. The Morgan fingerprint density at radius 2 is 1.84 bits per heavy atom. The number of esters is 2. The molecule has 5 rings (SSSR count). The van der Waals surface area contributed by atoms with E-state index >= 15 is 0 Å². The van der Waals surface area contributed by atoms with Gasteiger partial charge in [-0.05, 0) is 69.8 Å². The summed E-state index contributed by atoms with van der Waals surface area (Å²) < 4.78 is 10.3. The van der Waals surface area contributed by atoms with Crippen LogP contribution in [0.25, 0.3) is 0 Å². The summed E-state index contributed by atoms with van der Waals surface area (Å²) in [5.74, 6) is -0.425. The number of carbonyl (C=O) groups is 3. The van der Waals surface area contributed by atoms with Crippen LogP contribution >= 0.6 is 0 Å². The predicted octanol–water partition coefficient (Wildman–Crippen LogP) is 2.35. The molecule has 2 saturated heterocycles. The predicted molar refractivity (Wildman–Crippen MR) is 112 cm³/mol. The molecule has 4 heterocycles. The summed E-state index contributed by atoms with van der Waals surface area (Å²) in [6, 6.07) is 3.93. The standard InChI is InChI=1S/C24H28N2O5/c1-15-17(3-4-18-19(15)14-30-22(18)28)5-9-25-10-6-24(7-11-25)8-12-26(23(24)29)20-13-21(27)31-16(20)2/h3-4,13,16H,5-12,14H2,1-2H3. The molecule has 31 heavy (non-hydrogen) atoms. The molecule has 1 unspecified atom stereocenters. The first-order valence-electron chi connectivity index (χ1n) is 11.1. The zero-order valence-corrected chi connectivity index (χ0v) is 18.1. The molecule has 7 nitrogen and oxygen atoms in total. The Kier molecular flexibility index (Phi) is 4.88. The fraction of sp³-hybridized carbons (Fsp3) is 0.542. The number of rotatable bonds is 4. The fourth-order valence-corrected chi connectivity index (χ4v) is 5.49. The molecule has 7 heteroatoms. The van der Waals surface area contributed by atoms with E-state index in [1.54, 1.807) is 4.90 Å². The average Bonchev–Trinajstić information content (AvgIpc) is 3.39. The van der Waals surface area contributed by atoms with Gasteiger partial charge < -0.3 is 19.3 Å². The highest BCUT2D eigenvalue weighted by molar-refractivity contribution is 5.94. The Hall–Kier alpha value is -2.67. The molecule has 1 aromatic rings. The number of hydrogen-bond acceptors (Lipinski definition) is 6. The van der Waals surface area contributed by atoms with Gasteiger partial charge in [-0.15, -0.1) is 0 Å². The Labute approximate surface area is 182 Å². The largest absolute Gasteiger partial charge is 0.457 e. The van der Waals surface area contributed by atoms with Crippen LogP contribution in [-0.2, 0) is 32.1 Å². The van der Waals surface area contributed by atoms with E-state index in [9.17, 15) is 14.4 Å². The number of cyclic esters (lactones) is 2. The highest BCUT2D eigenvalue weighted by atomic mass is 16.5. The Bertz CT molecular complexity index is 990. The highest BCUT2D eigenvalue weighted by Crippen LogP contribution is 2.43. The van der Waals surface area contributed by atoms with Crippen LogP contribution in [-0.4, -0.2) is 59.9 Å². The molecule has 1 spiro atoms. The summed E-state index contributed by atoms with van der Waals surface area (Å²) >= 11 is 0. The van der Waals surface area contributed by atoms with Crippen molar-refractivity contribution < 1.29 is 23.9 Å². The molecule has 4 aliphatic rings. The molecular weight excluding hydrogens is 396 g/mol. The second-order valence-corrected chi connectivity index (χ2v) is 9.18. The number of ether oxygens (including phenoxy) is 2. The van der Waals surface area contributed by atoms with Crippen molar-refractivity contribution in [1.82, 2.24) is 9.80 Å². The quantitative estimate of drug-likeness (QED) is 0.691. The van der Waals surface area contributed by atoms with E-state index in [0.29, 0.717) is 24.4 Å². The van der Waals surface area contributed by atoms with Gasteiger partial charge in [0, 0.05) is 24.7 Å². The second kappa shape index (κ2) is 7.48. The minimum Gasteiger partial charge on any atom is -0.457 e. The van der Waals surface area contributed by atoms with Crippen LogP contribution in [0.2, 0.25) is 0 Å². The maximum Gasteiger partial charge on any atom is 0.338 e. The normalized spacial score (nSPS) is 25.1. The number of benzene rings is 1. The van der Waals surface area contributed by atoms with Crippen LogP contribution in [0.15, 0.2) is 23.9 Å². The van der Waals surface area contributed by atoms with Crippen LogP contribution < -0.4 is 0 Å². The van der Waals surface area contributed by atoms with Crippen molar-refractivity contribution >= 4 is 17.8 Å². The number of carbonyl (C=O) groups excluding carboxylic acids is 3. The van der Waals surface area contributed by atoms with E-state index in [-0.39, 0.29) is 29.4 Å². The topological polar surface area (TPSA) is 76.2 Å². The molecule has 0 aliphatic carbocycles. The van der Waals surface area contributed by atoms with E-state index in [1.165, 1.54) is 11.6 Å². The van der Waals surface area contributed by atoms with Crippen LogP contribution in [0, 0.1) is 12.3 Å². The minimum absolute atomic E-state index is 0.155. The van der Waals surface area contributed by atoms with Crippen LogP contribution in [0.3, 0.4) is 0 Å². The zero-order valence-electron chi connectivity index (χ0n) is 18.1. The molecule has 0 aromatic heterocycles. The maximum absolute atomic E-state index is 13.2. The molecule has 2 fully saturated rings. The zero-order chi connectivity index (χ0) is 21.8. The molecule has 1 amide bonds. The summed E-state index contributed by atoms with van der Waals surface area (Å²) in [6.45, 7) is 7.67. The average molecular weight is 424 g/mol. The number of hydrogen-bond donors (Lipinski definition) is 0. The molecule has 1 aromatic carbocycles. The van der Waals surface area contributed by atoms with E-state index in [0.717, 1.165) is 56.4 Å². The maximum atomic E-state index is 13.2. The van der Waals surface area contributed by atoms with Gasteiger partial charge in [-0.25, -0.2) is 9.59 Å². The smallest absolute Gasteiger partial charge is 0.338 e. The molecule has 164 valence electrons. The SMILES string of the molecule is Cc1c(CCN2CCC3(CC2)CCN(C2=CC(=O)OC2C)C3=O)ccc2c1COC2=O. The van der Waals surface area contributed by atoms with Gasteiger partial charge in [0.05, 0.1) is 16.7 Å². The fourth-order valence-electron chi connectivity index (χ4n) is 5.49. The van der Waals surface area contributed by atoms with E-state index < -0.39 is 0 Å². The van der Waals surface area contributed by atoms with E-state index in [2.05, 4.69) is 11.8 Å². The van der Waals surface area contributed by atoms with Crippen molar-refractivity contribution in [1.29, 1.82) is 0 Å². The number of piperidine rings is 1. The van der Waals surface area contributed by atoms with Gasteiger partial charge in [0.25, 0.3) is 0 Å². The van der Waals surface area contributed by atoms with Crippen LogP contribution in [0.5, 0.6) is 0 Å².